The maximum absolute atomic E-state index is 13.7. The lowest BCUT2D eigenvalue weighted by atomic mass is 10.00. The number of anilines is 2. The topological polar surface area (TPSA) is 129 Å². The molecule has 1 unspecified atom stereocenters. The van der Waals surface area contributed by atoms with Gasteiger partial charge in [0.1, 0.15) is 41.5 Å². The molecule has 10 nitrogen and oxygen atoms in total. The molecule has 0 spiro atoms. The van der Waals surface area contributed by atoms with Gasteiger partial charge in [-0.1, -0.05) is 24.3 Å². The molecule has 6 rings (SSSR count). The van der Waals surface area contributed by atoms with Crippen molar-refractivity contribution in [3.63, 3.8) is 0 Å². The fraction of sp³-hybridized carbons (Fsp3) is 0.226. The van der Waals surface area contributed by atoms with Crippen LogP contribution in [-0.2, 0) is 11.2 Å². The maximum atomic E-state index is 13.7. The highest BCUT2D eigenvalue weighted by Gasteiger charge is 2.23. The Kier molecular flexibility index (Phi) is 7.30. The molecule has 3 aromatic heterocycles. The molecule has 0 saturated carbocycles. The molecule has 1 aliphatic rings. The van der Waals surface area contributed by atoms with Crippen molar-refractivity contribution in [1.82, 2.24) is 24.7 Å². The molecule has 2 N–H and O–H groups in total. The van der Waals surface area contributed by atoms with Crippen molar-refractivity contribution in [3.05, 3.63) is 84.1 Å². The Morgan fingerprint density at radius 3 is 2.67 bits per heavy atom. The van der Waals surface area contributed by atoms with Gasteiger partial charge in [-0.3, -0.25) is 4.79 Å². The van der Waals surface area contributed by atoms with Crippen LogP contribution in [-0.4, -0.2) is 57.0 Å². The molecule has 1 saturated heterocycles. The van der Waals surface area contributed by atoms with E-state index in [2.05, 4.69) is 19.9 Å². The second-order valence-corrected chi connectivity index (χ2v) is 10.2. The van der Waals surface area contributed by atoms with E-state index >= 15 is 0 Å². The van der Waals surface area contributed by atoms with Crippen LogP contribution in [0.4, 0.5) is 16.0 Å². The van der Waals surface area contributed by atoms with Crippen LogP contribution >= 0.6 is 0 Å². The smallest absolute Gasteiger partial charge is 0.169 e. The van der Waals surface area contributed by atoms with Crippen LogP contribution in [0.2, 0.25) is 0 Å². The van der Waals surface area contributed by atoms with E-state index in [-0.39, 0.29) is 23.7 Å². The van der Waals surface area contributed by atoms with Gasteiger partial charge in [-0.25, -0.2) is 24.0 Å². The van der Waals surface area contributed by atoms with Crippen molar-refractivity contribution in [2.75, 3.05) is 30.8 Å². The number of aromatic nitrogens is 5. The number of hydrogen-bond acceptors (Lipinski definition) is 9. The fourth-order valence-corrected chi connectivity index (χ4v) is 5.27. The number of pyridine rings is 1. The number of Topliss-reactive ketones (excluding diaryl/α,β-unsaturated/α-hetero) is 1. The molecule has 0 aliphatic carbocycles. The molecule has 4 heterocycles. The monoisotopic (exact) mass is 565 g/mol. The summed E-state index contributed by atoms with van der Waals surface area (Å²) in [5.41, 5.74) is 10.1. The van der Waals surface area contributed by atoms with Gasteiger partial charge in [0.25, 0.3) is 0 Å². The number of aldehydes is 1. The van der Waals surface area contributed by atoms with Gasteiger partial charge in [-0.2, -0.15) is 5.10 Å². The highest BCUT2D eigenvalue weighted by Crippen LogP contribution is 2.32. The number of carbonyl (C=O) groups excluding carboxylic acids is 2. The molecular formula is C31H28FN7O3. The summed E-state index contributed by atoms with van der Waals surface area (Å²) in [7, 11) is 1.45. The molecule has 0 radical (unpaired) electrons. The van der Waals surface area contributed by atoms with E-state index in [4.69, 9.17) is 15.6 Å². The number of ether oxygens (including phenoxy) is 1. The standard InChI is InChI=1S/C31H28FN7O3/c1-42-26-10-7-22(32)14-24(26)25(41)9-4-19-2-5-21(6-3-19)29-28-30(33)35-18-36-31(28)39(37-29)23-8-11-27(34-15-23)38-13-12-20(16-38)17-40/h2-3,5-8,10-11,14-15,17-18,20H,4,9,12-13,16H2,1H3,(H2,33,35,36). The second kappa shape index (κ2) is 11.4. The summed E-state index contributed by atoms with van der Waals surface area (Å²) in [6, 6.07) is 15.4. The number of aryl methyl sites for hydroxylation is 1. The number of ketones is 1. The predicted molar refractivity (Wildman–Crippen MR) is 156 cm³/mol. The molecule has 1 fully saturated rings. The zero-order valence-corrected chi connectivity index (χ0v) is 22.9. The Bertz CT molecular complexity index is 1770. The van der Waals surface area contributed by atoms with E-state index in [0.717, 1.165) is 36.2 Å². The summed E-state index contributed by atoms with van der Waals surface area (Å²) in [6.45, 7) is 1.45. The number of fused-ring (bicyclic) bond motifs is 1. The number of halogens is 1. The molecule has 0 amide bonds. The highest BCUT2D eigenvalue weighted by atomic mass is 19.1. The van der Waals surface area contributed by atoms with Crippen LogP contribution in [0.25, 0.3) is 28.0 Å². The summed E-state index contributed by atoms with van der Waals surface area (Å²) in [5, 5.41) is 5.47. The fourth-order valence-electron chi connectivity index (χ4n) is 5.27. The van der Waals surface area contributed by atoms with Crippen molar-refractivity contribution in [2.45, 2.75) is 19.3 Å². The SMILES string of the molecule is COc1ccc(F)cc1C(=O)CCc1ccc(-c2nn(-c3ccc(N4CCC(C=O)C4)nc3)c3ncnc(N)c23)cc1. The van der Waals surface area contributed by atoms with E-state index in [1.165, 1.54) is 31.6 Å². The Labute approximate surface area is 241 Å². The number of rotatable bonds is 9. The lowest BCUT2D eigenvalue weighted by molar-refractivity contribution is -0.110. The number of nitrogens with two attached hydrogens (primary N) is 1. The van der Waals surface area contributed by atoms with Gasteiger partial charge in [-0.15, -0.1) is 0 Å². The number of nitrogen functional groups attached to an aromatic ring is 1. The van der Waals surface area contributed by atoms with Crippen molar-refractivity contribution in [2.24, 2.45) is 5.92 Å². The van der Waals surface area contributed by atoms with Crippen LogP contribution in [0.1, 0.15) is 28.8 Å². The first-order chi connectivity index (χ1) is 20.4. The zero-order valence-electron chi connectivity index (χ0n) is 22.9. The molecule has 5 aromatic rings. The van der Waals surface area contributed by atoms with Gasteiger partial charge in [0.2, 0.25) is 0 Å². The first kappa shape index (κ1) is 27.0. The third-order valence-electron chi connectivity index (χ3n) is 7.54. The average molecular weight is 566 g/mol. The number of carbonyl (C=O) groups is 2. The van der Waals surface area contributed by atoms with Crippen molar-refractivity contribution >= 4 is 34.7 Å². The maximum Gasteiger partial charge on any atom is 0.169 e. The lowest BCUT2D eigenvalue weighted by Gasteiger charge is -2.16. The highest BCUT2D eigenvalue weighted by molar-refractivity contribution is 5.99. The van der Waals surface area contributed by atoms with E-state index in [0.29, 0.717) is 46.9 Å². The minimum atomic E-state index is -0.482. The Hall–Kier alpha value is -5.19. The van der Waals surface area contributed by atoms with Crippen molar-refractivity contribution in [3.8, 4) is 22.7 Å². The molecule has 0 bridgehead atoms. The zero-order chi connectivity index (χ0) is 29.2. The van der Waals surface area contributed by atoms with Crippen LogP contribution in [0.5, 0.6) is 5.75 Å². The summed E-state index contributed by atoms with van der Waals surface area (Å²) < 4.78 is 20.6. The van der Waals surface area contributed by atoms with Crippen LogP contribution < -0.4 is 15.4 Å². The summed E-state index contributed by atoms with van der Waals surface area (Å²) in [5.74, 6) is 0.821. The third kappa shape index (κ3) is 5.16. The van der Waals surface area contributed by atoms with Crippen LogP contribution in [0.15, 0.2) is 67.1 Å². The molecule has 212 valence electrons. The predicted octanol–water partition coefficient (Wildman–Crippen LogP) is 4.45. The number of hydrogen-bond donors (Lipinski definition) is 1. The van der Waals surface area contributed by atoms with Gasteiger partial charge < -0.3 is 20.2 Å². The molecular weight excluding hydrogens is 537 g/mol. The third-order valence-corrected chi connectivity index (χ3v) is 7.54. The van der Waals surface area contributed by atoms with Gasteiger partial charge in [-0.05, 0) is 48.7 Å². The number of benzene rings is 2. The lowest BCUT2D eigenvalue weighted by Crippen LogP contribution is -2.21. The van der Waals surface area contributed by atoms with E-state index in [1.807, 2.05) is 36.4 Å². The second-order valence-electron chi connectivity index (χ2n) is 10.2. The van der Waals surface area contributed by atoms with Gasteiger partial charge in [0.15, 0.2) is 11.4 Å². The Balaban J connectivity index is 1.24. The van der Waals surface area contributed by atoms with E-state index in [9.17, 15) is 14.0 Å². The van der Waals surface area contributed by atoms with Gasteiger partial charge in [0.05, 0.1) is 29.9 Å². The van der Waals surface area contributed by atoms with Crippen molar-refractivity contribution < 1.29 is 18.7 Å². The molecule has 42 heavy (non-hydrogen) atoms. The first-order valence-electron chi connectivity index (χ1n) is 13.6. The number of methoxy groups -OCH3 is 1. The normalized spacial score (nSPS) is 14.8. The molecule has 11 heteroatoms. The number of nitrogens with zero attached hydrogens (tertiary/aromatic N) is 6. The van der Waals surface area contributed by atoms with Gasteiger partial charge >= 0.3 is 0 Å². The average Bonchev–Trinajstić information content (AvgIpc) is 3.66. The minimum absolute atomic E-state index is 0.0348. The molecule has 1 atom stereocenters. The molecule has 2 aromatic carbocycles. The van der Waals surface area contributed by atoms with Crippen LogP contribution in [0, 0.1) is 11.7 Å². The largest absolute Gasteiger partial charge is 0.496 e. The van der Waals surface area contributed by atoms with Gasteiger partial charge in [0, 0.05) is 31.0 Å². The van der Waals surface area contributed by atoms with E-state index in [1.54, 1.807) is 10.9 Å². The quantitative estimate of drug-likeness (QED) is 0.204. The summed E-state index contributed by atoms with van der Waals surface area (Å²) in [4.78, 5) is 39.3. The van der Waals surface area contributed by atoms with Crippen molar-refractivity contribution in [1.29, 1.82) is 0 Å². The Morgan fingerprint density at radius 1 is 1.12 bits per heavy atom. The Morgan fingerprint density at radius 2 is 1.95 bits per heavy atom. The minimum Gasteiger partial charge on any atom is -0.496 e. The van der Waals surface area contributed by atoms with E-state index < -0.39 is 5.82 Å². The molecule has 1 aliphatic heterocycles. The summed E-state index contributed by atoms with van der Waals surface area (Å²) in [6.07, 6.45) is 5.64. The van der Waals surface area contributed by atoms with Crippen LogP contribution in [0.3, 0.4) is 0 Å². The summed E-state index contributed by atoms with van der Waals surface area (Å²) >= 11 is 0. The first-order valence-corrected chi connectivity index (χ1v) is 13.6.